The first-order chi connectivity index (χ1) is 15.4. The zero-order valence-electron chi connectivity index (χ0n) is 18.1. The number of anilines is 2. The van der Waals surface area contributed by atoms with Crippen LogP contribution in [0.2, 0.25) is 0 Å². The molecule has 11 heteroatoms. The van der Waals surface area contributed by atoms with Crippen LogP contribution in [-0.2, 0) is 10.0 Å². The number of hydrogen-bond acceptors (Lipinski definition) is 8. The Kier molecular flexibility index (Phi) is 6.47. The van der Waals surface area contributed by atoms with Crippen molar-refractivity contribution in [1.82, 2.24) is 14.5 Å². The fourth-order valence-corrected chi connectivity index (χ4v) is 5.57. The fourth-order valence-electron chi connectivity index (χ4n) is 4.13. The number of carbonyl (C=O) groups excluding carboxylic acids is 1. The van der Waals surface area contributed by atoms with Crippen LogP contribution in [0, 0.1) is 0 Å². The first-order valence-electron chi connectivity index (χ1n) is 10.7. The van der Waals surface area contributed by atoms with Crippen molar-refractivity contribution < 1.29 is 17.9 Å². The average molecular weight is 461 g/mol. The predicted octanol–water partition coefficient (Wildman–Crippen LogP) is 1.09. The average Bonchev–Trinajstić information content (AvgIpc) is 2.84. The lowest BCUT2D eigenvalue weighted by molar-refractivity contribution is 0.0997. The minimum atomic E-state index is -3.77. The summed E-state index contributed by atoms with van der Waals surface area (Å²) >= 11 is 0. The number of hydrogen-bond donors (Lipinski definition) is 1. The summed E-state index contributed by atoms with van der Waals surface area (Å²) in [5.74, 6) is 1.13. The maximum Gasteiger partial charge on any atom is 0.252 e. The van der Waals surface area contributed by atoms with Gasteiger partial charge in [-0.1, -0.05) is 0 Å². The van der Waals surface area contributed by atoms with Crippen molar-refractivity contribution in [3.63, 3.8) is 0 Å². The largest absolute Gasteiger partial charge is 0.496 e. The Labute approximate surface area is 188 Å². The number of nitrogens with zero attached hydrogens (tertiary/aromatic N) is 5. The molecule has 1 amide bonds. The Bertz CT molecular complexity index is 1060. The third-order valence-corrected chi connectivity index (χ3v) is 7.85. The minimum absolute atomic E-state index is 0.0197. The molecular weight excluding hydrogens is 432 g/mol. The number of benzene rings is 1. The van der Waals surface area contributed by atoms with E-state index in [0.717, 1.165) is 24.7 Å². The predicted molar refractivity (Wildman–Crippen MR) is 121 cm³/mol. The molecule has 10 nitrogen and oxygen atoms in total. The summed E-state index contributed by atoms with van der Waals surface area (Å²) in [4.78, 5) is 16.0. The van der Waals surface area contributed by atoms with E-state index in [1.54, 1.807) is 0 Å². The van der Waals surface area contributed by atoms with Crippen molar-refractivity contribution >= 4 is 27.6 Å². The number of aromatic nitrogens is 2. The summed E-state index contributed by atoms with van der Waals surface area (Å²) in [6, 6.07) is 8.08. The van der Waals surface area contributed by atoms with Crippen molar-refractivity contribution in [2.75, 3.05) is 56.2 Å². The van der Waals surface area contributed by atoms with Crippen LogP contribution in [0.25, 0.3) is 0 Å². The number of carbonyl (C=O) groups is 1. The van der Waals surface area contributed by atoms with Gasteiger partial charge in [-0.2, -0.15) is 4.31 Å². The molecule has 4 rings (SSSR count). The molecule has 2 aliphatic heterocycles. The zero-order chi connectivity index (χ0) is 22.7. The van der Waals surface area contributed by atoms with Gasteiger partial charge < -0.3 is 20.3 Å². The van der Waals surface area contributed by atoms with Gasteiger partial charge in [0.15, 0.2) is 11.6 Å². The Morgan fingerprint density at radius 3 is 2.03 bits per heavy atom. The lowest BCUT2D eigenvalue weighted by Gasteiger charge is -2.34. The van der Waals surface area contributed by atoms with Crippen LogP contribution in [0.5, 0.6) is 5.75 Å². The Balaban J connectivity index is 1.43. The van der Waals surface area contributed by atoms with E-state index < -0.39 is 15.9 Å². The number of ether oxygens (including phenoxy) is 1. The van der Waals surface area contributed by atoms with E-state index in [1.807, 2.05) is 17.0 Å². The van der Waals surface area contributed by atoms with Crippen LogP contribution in [-0.4, -0.2) is 75.2 Å². The van der Waals surface area contributed by atoms with Gasteiger partial charge in [0.2, 0.25) is 10.0 Å². The van der Waals surface area contributed by atoms with Crippen molar-refractivity contribution in [2.24, 2.45) is 5.73 Å². The van der Waals surface area contributed by atoms with E-state index in [2.05, 4.69) is 15.1 Å². The number of piperazine rings is 1. The topological polar surface area (TPSA) is 122 Å². The van der Waals surface area contributed by atoms with Gasteiger partial charge in [0.1, 0.15) is 5.75 Å². The van der Waals surface area contributed by atoms with Crippen LogP contribution in [0.3, 0.4) is 0 Å². The van der Waals surface area contributed by atoms with Crippen molar-refractivity contribution in [3.05, 3.63) is 35.9 Å². The Hall–Kier alpha value is -2.92. The van der Waals surface area contributed by atoms with Gasteiger partial charge in [-0.25, -0.2) is 8.42 Å². The highest BCUT2D eigenvalue weighted by Gasteiger charge is 2.30. The van der Waals surface area contributed by atoms with Gasteiger partial charge in [-0.15, -0.1) is 10.2 Å². The van der Waals surface area contributed by atoms with Gasteiger partial charge in [-0.3, -0.25) is 4.79 Å². The molecule has 0 unspecified atom stereocenters. The maximum atomic E-state index is 13.1. The van der Waals surface area contributed by atoms with Gasteiger partial charge in [0, 0.05) is 39.3 Å². The lowest BCUT2D eigenvalue weighted by Crippen LogP contribution is -2.49. The van der Waals surface area contributed by atoms with E-state index >= 15 is 0 Å². The molecule has 1 aromatic heterocycles. The fraction of sp³-hybridized carbons (Fsp3) is 0.476. The molecule has 2 fully saturated rings. The Morgan fingerprint density at radius 2 is 1.50 bits per heavy atom. The number of sulfonamides is 1. The third-order valence-electron chi connectivity index (χ3n) is 5.95. The Morgan fingerprint density at radius 1 is 0.906 bits per heavy atom. The summed E-state index contributed by atoms with van der Waals surface area (Å²) in [6.07, 6.45) is 3.61. The SMILES string of the molecule is COc1ccc(S(=O)(=O)N2CCN(c3ccc(N4CCCCC4)nn3)CC2)cc1C(N)=O. The van der Waals surface area contributed by atoms with Crippen LogP contribution in [0.1, 0.15) is 29.6 Å². The summed E-state index contributed by atoms with van der Waals surface area (Å²) < 4.78 is 32.7. The number of methoxy groups -OCH3 is 1. The molecule has 1 aromatic carbocycles. The van der Waals surface area contributed by atoms with E-state index in [-0.39, 0.29) is 16.2 Å². The van der Waals surface area contributed by atoms with Crippen molar-refractivity contribution in [2.45, 2.75) is 24.2 Å². The molecule has 2 aromatic rings. The molecule has 0 radical (unpaired) electrons. The lowest BCUT2D eigenvalue weighted by atomic mass is 10.1. The van der Waals surface area contributed by atoms with Gasteiger partial charge in [-0.05, 0) is 49.6 Å². The molecule has 2 saturated heterocycles. The second-order valence-electron chi connectivity index (χ2n) is 7.91. The van der Waals surface area contributed by atoms with Gasteiger partial charge in [0.05, 0.1) is 17.6 Å². The smallest absolute Gasteiger partial charge is 0.252 e. The molecule has 2 N–H and O–H groups in total. The van der Waals surface area contributed by atoms with Crippen LogP contribution >= 0.6 is 0 Å². The minimum Gasteiger partial charge on any atom is -0.496 e. The molecule has 2 aliphatic rings. The highest BCUT2D eigenvalue weighted by molar-refractivity contribution is 7.89. The van der Waals surface area contributed by atoms with E-state index in [1.165, 1.54) is 48.9 Å². The van der Waals surface area contributed by atoms with Gasteiger partial charge in [0.25, 0.3) is 5.91 Å². The van der Waals surface area contributed by atoms with Crippen molar-refractivity contribution in [3.8, 4) is 5.75 Å². The zero-order valence-corrected chi connectivity index (χ0v) is 18.9. The molecule has 0 atom stereocenters. The standard InChI is InChI=1S/C21H28N6O4S/c1-31-18-6-5-16(15-17(18)21(22)28)32(29,30)27-13-11-26(12-14-27)20-8-7-19(23-24-20)25-9-3-2-4-10-25/h5-8,15H,2-4,9-14H2,1H3,(H2,22,28). The first-order valence-corrected chi connectivity index (χ1v) is 12.2. The van der Waals surface area contributed by atoms with Crippen molar-refractivity contribution in [1.29, 1.82) is 0 Å². The molecular formula is C21H28N6O4S. The molecule has 0 spiro atoms. The first kappa shape index (κ1) is 22.3. The molecule has 0 aliphatic carbocycles. The molecule has 0 saturated carbocycles. The molecule has 172 valence electrons. The molecule has 3 heterocycles. The van der Waals surface area contributed by atoms with E-state index in [9.17, 15) is 13.2 Å². The number of amides is 1. The maximum absolute atomic E-state index is 13.1. The highest BCUT2D eigenvalue weighted by atomic mass is 32.2. The molecule has 0 bridgehead atoms. The highest BCUT2D eigenvalue weighted by Crippen LogP contribution is 2.26. The van der Waals surface area contributed by atoms with E-state index in [0.29, 0.717) is 26.2 Å². The summed E-state index contributed by atoms with van der Waals surface area (Å²) in [5, 5.41) is 8.76. The quantitative estimate of drug-likeness (QED) is 0.680. The summed E-state index contributed by atoms with van der Waals surface area (Å²) in [7, 11) is -2.37. The second-order valence-corrected chi connectivity index (χ2v) is 9.85. The monoisotopic (exact) mass is 460 g/mol. The normalized spacial score (nSPS) is 17.9. The van der Waals surface area contributed by atoms with E-state index in [4.69, 9.17) is 10.5 Å². The molecule has 32 heavy (non-hydrogen) atoms. The summed E-state index contributed by atoms with van der Waals surface area (Å²) in [5.41, 5.74) is 5.41. The second kappa shape index (κ2) is 9.29. The number of piperidine rings is 1. The number of primary amides is 1. The number of rotatable bonds is 6. The van der Waals surface area contributed by atoms with Crippen LogP contribution < -0.4 is 20.3 Å². The summed E-state index contributed by atoms with van der Waals surface area (Å²) in [6.45, 7) is 3.61. The third kappa shape index (κ3) is 4.49. The van der Waals surface area contributed by atoms with Gasteiger partial charge >= 0.3 is 0 Å². The number of nitrogens with two attached hydrogens (primary N) is 1. The van der Waals surface area contributed by atoms with Crippen LogP contribution in [0.15, 0.2) is 35.2 Å². The van der Waals surface area contributed by atoms with Crippen LogP contribution in [0.4, 0.5) is 11.6 Å².